The average molecular weight is 411 g/mol. The van der Waals surface area contributed by atoms with Crippen LogP contribution in [-0.4, -0.2) is 38.8 Å². The molecule has 0 bridgehead atoms. The standard InChI is InChI=1S/C19H21F4N5O/c20-12-14-9-15(11-16(10-14)19(21,22)23)18-24-13-28(26-18)8-5-17(29)25-27-6-3-1-2-4-7-27/h5,8-11,13H,1-4,6-7,12H2,(H,25,29)/b8-5-. The van der Waals surface area contributed by atoms with E-state index in [0.717, 1.165) is 50.9 Å². The van der Waals surface area contributed by atoms with E-state index in [0.29, 0.717) is 0 Å². The molecule has 2 heterocycles. The molecule has 6 nitrogen and oxygen atoms in total. The molecule has 1 aromatic carbocycles. The Bertz CT molecular complexity index is 870. The molecule has 0 aliphatic carbocycles. The molecular formula is C19H21F4N5O. The zero-order valence-electron chi connectivity index (χ0n) is 15.6. The minimum atomic E-state index is -4.60. The summed E-state index contributed by atoms with van der Waals surface area (Å²) in [6.45, 7) is 0.549. The average Bonchev–Trinajstić information content (AvgIpc) is 3.02. The lowest BCUT2D eigenvalue weighted by molar-refractivity contribution is -0.137. The number of carbonyl (C=O) groups excluding carboxylic acids is 1. The maximum atomic E-state index is 13.0. The summed E-state index contributed by atoms with van der Waals surface area (Å²) in [6.07, 6.45) is 3.61. The van der Waals surface area contributed by atoms with E-state index in [4.69, 9.17) is 0 Å². The fourth-order valence-electron chi connectivity index (χ4n) is 3.06. The van der Waals surface area contributed by atoms with E-state index < -0.39 is 18.4 Å². The zero-order chi connectivity index (χ0) is 20.9. The summed E-state index contributed by atoms with van der Waals surface area (Å²) >= 11 is 0. The third-order valence-electron chi connectivity index (χ3n) is 4.49. The second-order valence-corrected chi connectivity index (χ2v) is 6.79. The molecule has 1 aliphatic rings. The number of benzene rings is 1. The van der Waals surface area contributed by atoms with Gasteiger partial charge in [0.05, 0.1) is 5.56 Å². The summed E-state index contributed by atoms with van der Waals surface area (Å²) in [5.74, 6) is -0.328. The lowest BCUT2D eigenvalue weighted by atomic mass is 10.1. The number of nitrogens with zero attached hydrogens (tertiary/aromatic N) is 4. The number of aromatic nitrogens is 3. The molecule has 1 saturated heterocycles. The van der Waals surface area contributed by atoms with Gasteiger partial charge in [-0.3, -0.25) is 10.2 Å². The third kappa shape index (κ3) is 5.86. The van der Waals surface area contributed by atoms with E-state index in [1.807, 2.05) is 5.01 Å². The van der Waals surface area contributed by atoms with Gasteiger partial charge < -0.3 is 0 Å². The molecule has 1 aliphatic heterocycles. The summed E-state index contributed by atoms with van der Waals surface area (Å²) in [5.41, 5.74) is 1.76. The highest BCUT2D eigenvalue weighted by Gasteiger charge is 2.31. The predicted molar refractivity (Wildman–Crippen MR) is 98.8 cm³/mol. The Labute approximate surface area is 165 Å². The molecule has 1 N–H and O–H groups in total. The van der Waals surface area contributed by atoms with Crippen LogP contribution in [0.15, 0.2) is 30.6 Å². The summed E-state index contributed by atoms with van der Waals surface area (Å²) < 4.78 is 53.2. The van der Waals surface area contributed by atoms with Crippen LogP contribution in [0.5, 0.6) is 0 Å². The van der Waals surface area contributed by atoms with E-state index >= 15 is 0 Å². The molecule has 156 valence electrons. The van der Waals surface area contributed by atoms with Crippen LogP contribution < -0.4 is 5.43 Å². The summed E-state index contributed by atoms with van der Waals surface area (Å²) in [7, 11) is 0. The normalized spacial score (nSPS) is 16.1. The molecule has 0 atom stereocenters. The number of hydrogen-bond donors (Lipinski definition) is 1. The van der Waals surface area contributed by atoms with Crippen molar-refractivity contribution in [3.63, 3.8) is 0 Å². The summed E-state index contributed by atoms with van der Waals surface area (Å²) in [6, 6.07) is 2.90. The highest BCUT2D eigenvalue weighted by atomic mass is 19.4. The van der Waals surface area contributed by atoms with Gasteiger partial charge in [0.2, 0.25) is 0 Å². The number of nitrogens with one attached hydrogen (secondary N) is 1. The monoisotopic (exact) mass is 411 g/mol. The fraction of sp³-hybridized carbons (Fsp3) is 0.421. The van der Waals surface area contributed by atoms with Crippen LogP contribution in [0.3, 0.4) is 0 Å². The highest BCUT2D eigenvalue weighted by Crippen LogP contribution is 2.33. The summed E-state index contributed by atoms with van der Waals surface area (Å²) in [4.78, 5) is 16.0. The van der Waals surface area contributed by atoms with E-state index in [-0.39, 0.29) is 22.9 Å². The first kappa shape index (κ1) is 21.0. The molecule has 3 rings (SSSR count). The topological polar surface area (TPSA) is 63.1 Å². The summed E-state index contributed by atoms with van der Waals surface area (Å²) in [5, 5.41) is 5.92. The van der Waals surface area contributed by atoms with Crippen LogP contribution >= 0.6 is 0 Å². The lowest BCUT2D eigenvalue weighted by Gasteiger charge is -2.19. The number of hydrazine groups is 1. The number of halogens is 4. The van der Waals surface area contributed by atoms with Crippen molar-refractivity contribution in [1.29, 1.82) is 0 Å². The molecule has 10 heteroatoms. The first-order valence-corrected chi connectivity index (χ1v) is 9.27. The van der Waals surface area contributed by atoms with Crippen molar-refractivity contribution in [2.75, 3.05) is 13.1 Å². The first-order chi connectivity index (χ1) is 13.8. The van der Waals surface area contributed by atoms with Gasteiger partial charge in [-0.2, -0.15) is 13.2 Å². The van der Waals surface area contributed by atoms with E-state index in [1.165, 1.54) is 29.4 Å². The molecule has 1 amide bonds. The Morgan fingerprint density at radius 2 is 1.86 bits per heavy atom. The Kier molecular flexibility index (Phi) is 6.63. The van der Waals surface area contributed by atoms with E-state index in [2.05, 4.69) is 15.5 Å². The Morgan fingerprint density at radius 1 is 1.14 bits per heavy atom. The molecule has 1 aromatic heterocycles. The van der Waals surface area contributed by atoms with Crippen molar-refractivity contribution in [2.24, 2.45) is 0 Å². The molecule has 0 saturated carbocycles. The van der Waals surface area contributed by atoms with Gasteiger partial charge in [-0.25, -0.2) is 19.1 Å². The van der Waals surface area contributed by atoms with Gasteiger partial charge >= 0.3 is 6.18 Å². The van der Waals surface area contributed by atoms with Crippen LogP contribution in [0, 0.1) is 0 Å². The minimum Gasteiger partial charge on any atom is -0.285 e. The zero-order valence-corrected chi connectivity index (χ0v) is 15.6. The molecule has 0 unspecified atom stereocenters. The smallest absolute Gasteiger partial charge is 0.285 e. The van der Waals surface area contributed by atoms with Crippen LogP contribution in [0.25, 0.3) is 17.6 Å². The molecule has 0 spiro atoms. The van der Waals surface area contributed by atoms with Crippen molar-refractivity contribution >= 4 is 12.1 Å². The van der Waals surface area contributed by atoms with Gasteiger partial charge in [-0.1, -0.05) is 12.8 Å². The van der Waals surface area contributed by atoms with Gasteiger partial charge in [-0.15, -0.1) is 5.10 Å². The van der Waals surface area contributed by atoms with Crippen LogP contribution in [0.2, 0.25) is 0 Å². The fourth-order valence-corrected chi connectivity index (χ4v) is 3.06. The Balaban J connectivity index is 1.70. The van der Waals surface area contributed by atoms with Crippen molar-refractivity contribution in [3.8, 4) is 11.4 Å². The van der Waals surface area contributed by atoms with Gasteiger partial charge in [-0.05, 0) is 36.6 Å². The number of hydrogen-bond acceptors (Lipinski definition) is 4. The van der Waals surface area contributed by atoms with Gasteiger partial charge in [0.15, 0.2) is 5.82 Å². The van der Waals surface area contributed by atoms with Crippen molar-refractivity contribution in [1.82, 2.24) is 25.2 Å². The number of alkyl halides is 4. The van der Waals surface area contributed by atoms with Crippen LogP contribution in [-0.2, 0) is 17.6 Å². The number of carbonyl (C=O) groups is 1. The lowest BCUT2D eigenvalue weighted by Crippen LogP contribution is -2.41. The van der Waals surface area contributed by atoms with Gasteiger partial charge in [0.1, 0.15) is 13.0 Å². The molecule has 1 fully saturated rings. The molecule has 0 radical (unpaired) electrons. The molecular weight excluding hydrogens is 390 g/mol. The minimum absolute atomic E-state index is 0.00313. The number of amides is 1. The van der Waals surface area contributed by atoms with Crippen LogP contribution in [0.4, 0.5) is 17.6 Å². The van der Waals surface area contributed by atoms with E-state index in [9.17, 15) is 22.4 Å². The first-order valence-electron chi connectivity index (χ1n) is 9.27. The second-order valence-electron chi connectivity index (χ2n) is 6.79. The van der Waals surface area contributed by atoms with Crippen molar-refractivity contribution < 1.29 is 22.4 Å². The Morgan fingerprint density at radius 3 is 2.52 bits per heavy atom. The number of rotatable bonds is 5. The highest BCUT2D eigenvalue weighted by molar-refractivity contribution is 5.89. The Hall–Kier alpha value is -2.75. The molecule has 2 aromatic rings. The van der Waals surface area contributed by atoms with E-state index in [1.54, 1.807) is 0 Å². The van der Waals surface area contributed by atoms with Gasteiger partial charge in [0.25, 0.3) is 5.91 Å². The quantitative estimate of drug-likeness (QED) is 0.600. The predicted octanol–water partition coefficient (Wildman–Crippen LogP) is 3.81. The van der Waals surface area contributed by atoms with Crippen molar-refractivity contribution in [3.05, 3.63) is 41.7 Å². The molecule has 29 heavy (non-hydrogen) atoms. The largest absolute Gasteiger partial charge is 0.416 e. The van der Waals surface area contributed by atoms with Crippen LogP contribution in [0.1, 0.15) is 36.8 Å². The van der Waals surface area contributed by atoms with Crippen molar-refractivity contribution in [2.45, 2.75) is 38.5 Å². The maximum Gasteiger partial charge on any atom is 0.416 e. The third-order valence-corrected chi connectivity index (χ3v) is 4.49. The SMILES string of the molecule is O=C(/C=C\n1cnc(-c2cc(CF)cc(C(F)(F)F)c2)n1)NN1CCCCCC1. The maximum absolute atomic E-state index is 13.0. The van der Waals surface area contributed by atoms with Gasteiger partial charge in [0, 0.05) is 30.9 Å². The second kappa shape index (κ2) is 9.17.